The lowest BCUT2D eigenvalue weighted by molar-refractivity contribution is 0.140. The van der Waals surface area contributed by atoms with E-state index in [1.807, 2.05) is 0 Å². The molecule has 1 heterocycles. The predicted molar refractivity (Wildman–Crippen MR) is 39.4 cm³/mol. The average molecular weight is 175 g/mol. The number of rotatable bonds is 1. The van der Waals surface area contributed by atoms with Crippen molar-refractivity contribution in [2.75, 3.05) is 0 Å². The lowest BCUT2D eigenvalue weighted by Crippen LogP contribution is -2.14. The highest BCUT2D eigenvalue weighted by molar-refractivity contribution is 6.19. The molecule has 0 aliphatic rings. The lowest BCUT2D eigenvalue weighted by Gasteiger charge is -2.04. The molecule has 0 saturated carbocycles. The first-order chi connectivity index (χ1) is 5.20. The summed E-state index contributed by atoms with van der Waals surface area (Å²) in [6, 6.07) is 0. The van der Waals surface area contributed by atoms with Crippen LogP contribution in [0.25, 0.3) is 0 Å². The first kappa shape index (κ1) is 8.07. The van der Waals surface area contributed by atoms with Gasteiger partial charge in [0.1, 0.15) is 6.33 Å². The number of hydrogen-bond acceptors (Lipinski definition) is 3. The number of aromatic nitrogens is 2. The van der Waals surface area contributed by atoms with Crippen molar-refractivity contribution >= 4 is 17.7 Å². The van der Waals surface area contributed by atoms with Crippen molar-refractivity contribution in [3.8, 4) is 0 Å². The molecule has 0 spiro atoms. The molecule has 60 valence electrons. The van der Waals surface area contributed by atoms with E-state index in [2.05, 4.69) is 9.72 Å². The number of halogens is 1. The molecule has 5 heteroatoms. The molecule has 0 N–H and O–H groups in total. The number of alkyl halides is 1. The molecule has 0 bridgehead atoms. The van der Waals surface area contributed by atoms with Gasteiger partial charge in [-0.15, -0.1) is 0 Å². The fraction of sp³-hybridized carbons (Fsp3) is 0.333. The van der Waals surface area contributed by atoms with Gasteiger partial charge >= 0.3 is 6.09 Å². The number of carbonyl (C=O) groups excluding carboxylic acids is 1. The van der Waals surface area contributed by atoms with Crippen LogP contribution in [0.15, 0.2) is 18.7 Å². The van der Waals surface area contributed by atoms with Crippen LogP contribution in [0.4, 0.5) is 4.79 Å². The minimum absolute atomic E-state index is 0.523. The zero-order valence-corrected chi connectivity index (χ0v) is 6.65. The van der Waals surface area contributed by atoms with Gasteiger partial charge in [0.15, 0.2) is 5.56 Å². The largest absolute Gasteiger partial charge is 0.429 e. The summed E-state index contributed by atoms with van der Waals surface area (Å²) < 4.78 is 5.85. The standard InChI is InChI=1S/C6H7ClN2O2/c1-5(7)11-6(10)9-3-2-8-4-9/h2-5H,1H3. The highest BCUT2D eigenvalue weighted by Crippen LogP contribution is 1.98. The van der Waals surface area contributed by atoms with Gasteiger partial charge in [0.25, 0.3) is 0 Å². The minimum atomic E-state index is -0.620. The minimum Gasteiger partial charge on any atom is -0.429 e. The summed E-state index contributed by atoms with van der Waals surface area (Å²) in [7, 11) is 0. The van der Waals surface area contributed by atoms with Crippen molar-refractivity contribution in [2.24, 2.45) is 0 Å². The second-order valence-corrected chi connectivity index (χ2v) is 2.51. The third kappa shape index (κ3) is 2.23. The summed E-state index contributed by atoms with van der Waals surface area (Å²) >= 11 is 5.41. The first-order valence-electron chi connectivity index (χ1n) is 3.03. The Labute approximate surface area is 68.7 Å². The van der Waals surface area contributed by atoms with Crippen LogP contribution in [0.2, 0.25) is 0 Å². The van der Waals surface area contributed by atoms with Crippen LogP contribution in [0.3, 0.4) is 0 Å². The fourth-order valence-electron chi connectivity index (χ4n) is 0.567. The van der Waals surface area contributed by atoms with Crippen LogP contribution in [0, 0.1) is 0 Å². The molecule has 11 heavy (non-hydrogen) atoms. The van der Waals surface area contributed by atoms with E-state index in [0.29, 0.717) is 0 Å². The normalized spacial score (nSPS) is 12.5. The maximum atomic E-state index is 10.9. The number of nitrogens with zero attached hydrogens (tertiary/aromatic N) is 2. The Kier molecular flexibility index (Phi) is 2.48. The van der Waals surface area contributed by atoms with Gasteiger partial charge in [-0.3, -0.25) is 0 Å². The van der Waals surface area contributed by atoms with Crippen LogP contribution >= 0.6 is 11.6 Å². The Hall–Kier alpha value is -1.03. The molecule has 0 amide bonds. The smallest absolute Gasteiger partial charge is 0.420 e. The molecule has 4 nitrogen and oxygen atoms in total. The Morgan fingerprint density at radius 3 is 3.00 bits per heavy atom. The molecule has 0 aliphatic heterocycles. The fourth-order valence-corrected chi connectivity index (χ4v) is 0.643. The monoisotopic (exact) mass is 174 g/mol. The summed E-state index contributed by atoms with van der Waals surface area (Å²) in [4.78, 5) is 14.6. The summed E-state index contributed by atoms with van der Waals surface area (Å²) in [5, 5.41) is 0. The molecule has 0 fully saturated rings. The van der Waals surface area contributed by atoms with E-state index in [1.54, 1.807) is 6.92 Å². The molecule has 1 aromatic heterocycles. The van der Waals surface area contributed by atoms with E-state index >= 15 is 0 Å². The van der Waals surface area contributed by atoms with Gasteiger partial charge in [-0.1, -0.05) is 11.6 Å². The van der Waals surface area contributed by atoms with E-state index in [1.165, 1.54) is 23.3 Å². The van der Waals surface area contributed by atoms with Gasteiger partial charge in [0.2, 0.25) is 0 Å². The summed E-state index contributed by atoms with van der Waals surface area (Å²) in [6.45, 7) is 1.57. The predicted octanol–water partition coefficient (Wildman–Crippen LogP) is 1.45. The molecular weight excluding hydrogens is 168 g/mol. The van der Waals surface area contributed by atoms with E-state index < -0.39 is 11.7 Å². The Morgan fingerprint density at radius 2 is 2.55 bits per heavy atom. The molecular formula is C6H7ClN2O2. The van der Waals surface area contributed by atoms with Crippen molar-refractivity contribution in [1.29, 1.82) is 0 Å². The molecule has 0 aliphatic carbocycles. The first-order valence-corrected chi connectivity index (χ1v) is 3.47. The Balaban J connectivity index is 2.57. The molecule has 1 aromatic rings. The molecule has 0 aromatic carbocycles. The van der Waals surface area contributed by atoms with Crippen LogP contribution in [0.1, 0.15) is 6.92 Å². The van der Waals surface area contributed by atoms with Crippen LogP contribution < -0.4 is 0 Å². The van der Waals surface area contributed by atoms with Crippen molar-refractivity contribution in [2.45, 2.75) is 12.5 Å². The van der Waals surface area contributed by atoms with Crippen molar-refractivity contribution < 1.29 is 9.53 Å². The Bertz CT molecular complexity index is 233. The van der Waals surface area contributed by atoms with Gasteiger partial charge in [-0.25, -0.2) is 14.3 Å². The second-order valence-electron chi connectivity index (χ2n) is 1.90. The van der Waals surface area contributed by atoms with Crippen LogP contribution in [-0.4, -0.2) is 21.2 Å². The quantitative estimate of drug-likeness (QED) is 0.606. The van der Waals surface area contributed by atoms with Crippen molar-refractivity contribution in [1.82, 2.24) is 9.55 Å². The Morgan fingerprint density at radius 1 is 1.82 bits per heavy atom. The van der Waals surface area contributed by atoms with E-state index in [4.69, 9.17) is 11.6 Å². The molecule has 1 atom stereocenters. The van der Waals surface area contributed by atoms with Crippen molar-refractivity contribution in [3.63, 3.8) is 0 Å². The topological polar surface area (TPSA) is 44.1 Å². The third-order valence-electron chi connectivity index (χ3n) is 0.978. The number of carbonyl (C=O) groups is 1. The van der Waals surface area contributed by atoms with Crippen LogP contribution in [0.5, 0.6) is 0 Å². The molecule has 0 saturated heterocycles. The van der Waals surface area contributed by atoms with Crippen molar-refractivity contribution in [3.05, 3.63) is 18.7 Å². The van der Waals surface area contributed by atoms with E-state index in [-0.39, 0.29) is 0 Å². The zero-order valence-electron chi connectivity index (χ0n) is 5.90. The summed E-state index contributed by atoms with van der Waals surface area (Å²) in [5.74, 6) is 0. The van der Waals surface area contributed by atoms with Gasteiger partial charge in [-0.05, 0) is 6.92 Å². The average Bonchev–Trinajstić information content (AvgIpc) is 2.35. The SMILES string of the molecule is CC(Cl)OC(=O)n1ccnc1. The highest BCUT2D eigenvalue weighted by Gasteiger charge is 2.06. The number of ether oxygens (including phenoxy) is 1. The maximum absolute atomic E-state index is 10.9. The van der Waals surface area contributed by atoms with E-state index in [9.17, 15) is 4.79 Å². The molecule has 1 unspecified atom stereocenters. The van der Waals surface area contributed by atoms with Gasteiger partial charge < -0.3 is 4.74 Å². The highest BCUT2D eigenvalue weighted by atomic mass is 35.5. The summed E-state index contributed by atoms with van der Waals surface area (Å²) in [6.07, 6.45) is 3.80. The van der Waals surface area contributed by atoms with Gasteiger partial charge in [-0.2, -0.15) is 0 Å². The van der Waals surface area contributed by atoms with Crippen LogP contribution in [-0.2, 0) is 4.74 Å². The van der Waals surface area contributed by atoms with E-state index in [0.717, 1.165) is 0 Å². The second kappa shape index (κ2) is 3.39. The third-order valence-corrected chi connectivity index (χ3v) is 1.07. The summed E-state index contributed by atoms with van der Waals surface area (Å²) in [5.41, 5.74) is -0.620. The molecule has 1 rings (SSSR count). The molecule has 0 radical (unpaired) electrons. The van der Waals surface area contributed by atoms with Gasteiger partial charge in [0, 0.05) is 12.4 Å². The lowest BCUT2D eigenvalue weighted by atomic mass is 10.8. The number of hydrogen-bond donors (Lipinski definition) is 0. The van der Waals surface area contributed by atoms with Gasteiger partial charge in [0.05, 0.1) is 0 Å². The zero-order chi connectivity index (χ0) is 8.27. The number of imidazole rings is 1. The maximum Gasteiger partial charge on any atom is 0.420 e.